The van der Waals surface area contributed by atoms with E-state index in [1.807, 2.05) is 7.05 Å². The van der Waals surface area contributed by atoms with Crippen molar-refractivity contribution >= 4 is 5.97 Å². The Bertz CT molecular complexity index is 305. The molecule has 0 aromatic heterocycles. The molecular weight excluding hydrogens is 232 g/mol. The van der Waals surface area contributed by atoms with Gasteiger partial charge in [-0.3, -0.25) is 4.79 Å². The molecule has 1 N–H and O–H groups in total. The number of aliphatic carboxylic acids is 1. The summed E-state index contributed by atoms with van der Waals surface area (Å²) in [5.74, 6) is -0.0537. The number of rotatable bonds is 5. The summed E-state index contributed by atoms with van der Waals surface area (Å²) in [6, 6.07) is 0. The minimum Gasteiger partial charge on any atom is -0.481 e. The third kappa shape index (κ3) is 3.02. The van der Waals surface area contributed by atoms with Crippen LogP contribution in [0.25, 0.3) is 0 Å². The molecule has 0 amide bonds. The molecule has 0 aliphatic carbocycles. The first-order chi connectivity index (χ1) is 8.52. The molecule has 2 rings (SSSR count). The number of carboxylic acid groups (broad SMARTS) is 1. The lowest BCUT2D eigenvalue weighted by Crippen LogP contribution is -2.56. The van der Waals surface area contributed by atoms with Crippen LogP contribution in [-0.2, 0) is 9.53 Å². The van der Waals surface area contributed by atoms with E-state index in [-0.39, 0.29) is 0 Å². The van der Waals surface area contributed by atoms with Gasteiger partial charge in [-0.2, -0.15) is 0 Å². The van der Waals surface area contributed by atoms with E-state index >= 15 is 0 Å². The highest BCUT2D eigenvalue weighted by Gasteiger charge is 2.47. The first-order valence-corrected chi connectivity index (χ1v) is 6.70. The standard InChI is InChI=1S/C13H24N2O3/c1-14-5-3-4-11(6-14)7-15(2)8-13(12(16)17)9-18-10-13/h11H,3-10H2,1-2H3,(H,16,17). The van der Waals surface area contributed by atoms with Gasteiger partial charge >= 0.3 is 5.97 Å². The summed E-state index contributed by atoms with van der Waals surface area (Å²) in [6.45, 7) is 4.62. The van der Waals surface area contributed by atoms with E-state index in [0.29, 0.717) is 25.7 Å². The lowest BCUT2D eigenvalue weighted by molar-refractivity contribution is -0.183. The topological polar surface area (TPSA) is 53.0 Å². The van der Waals surface area contributed by atoms with Crippen molar-refractivity contribution in [1.29, 1.82) is 0 Å². The molecule has 2 heterocycles. The molecule has 2 fully saturated rings. The van der Waals surface area contributed by atoms with Crippen LogP contribution in [0.2, 0.25) is 0 Å². The monoisotopic (exact) mass is 256 g/mol. The molecule has 18 heavy (non-hydrogen) atoms. The van der Waals surface area contributed by atoms with E-state index in [2.05, 4.69) is 16.8 Å². The second kappa shape index (κ2) is 5.55. The van der Waals surface area contributed by atoms with Crippen LogP contribution in [0.4, 0.5) is 0 Å². The lowest BCUT2D eigenvalue weighted by atomic mass is 9.85. The van der Waals surface area contributed by atoms with Gasteiger partial charge in [-0.1, -0.05) is 0 Å². The molecule has 2 aliphatic heterocycles. The summed E-state index contributed by atoms with van der Waals surface area (Å²) in [6.07, 6.45) is 2.51. The Morgan fingerprint density at radius 2 is 2.28 bits per heavy atom. The number of hydrogen-bond donors (Lipinski definition) is 1. The van der Waals surface area contributed by atoms with Gasteiger partial charge < -0.3 is 19.6 Å². The van der Waals surface area contributed by atoms with Gasteiger partial charge in [0.15, 0.2) is 0 Å². The Kier molecular flexibility index (Phi) is 4.25. The van der Waals surface area contributed by atoms with E-state index in [1.165, 1.54) is 19.4 Å². The Labute approximate surface area is 109 Å². The summed E-state index contributed by atoms with van der Waals surface area (Å²) in [7, 11) is 4.18. The summed E-state index contributed by atoms with van der Waals surface area (Å²) in [4.78, 5) is 15.8. The normalized spacial score (nSPS) is 28.1. The van der Waals surface area contributed by atoms with E-state index in [1.54, 1.807) is 0 Å². The number of carbonyl (C=O) groups is 1. The van der Waals surface area contributed by atoms with Gasteiger partial charge in [0.25, 0.3) is 0 Å². The predicted octanol–water partition coefficient (Wildman–Crippen LogP) is 0.361. The molecule has 0 saturated carbocycles. The molecule has 2 saturated heterocycles. The van der Waals surface area contributed by atoms with Crippen LogP contribution in [0.3, 0.4) is 0 Å². The smallest absolute Gasteiger partial charge is 0.315 e. The Morgan fingerprint density at radius 3 is 2.78 bits per heavy atom. The number of likely N-dealkylation sites (tertiary alicyclic amines) is 1. The maximum absolute atomic E-state index is 11.3. The van der Waals surface area contributed by atoms with Crippen molar-refractivity contribution < 1.29 is 14.6 Å². The van der Waals surface area contributed by atoms with Crippen molar-refractivity contribution in [3.63, 3.8) is 0 Å². The molecule has 0 bridgehead atoms. The van der Waals surface area contributed by atoms with Crippen LogP contribution in [-0.4, -0.2) is 74.4 Å². The maximum Gasteiger partial charge on any atom is 0.315 e. The minimum absolute atomic E-state index is 0.358. The molecule has 1 unspecified atom stereocenters. The second-order valence-corrected chi connectivity index (χ2v) is 6.05. The van der Waals surface area contributed by atoms with Crippen molar-refractivity contribution in [1.82, 2.24) is 9.80 Å². The van der Waals surface area contributed by atoms with Gasteiger partial charge in [0, 0.05) is 19.6 Å². The van der Waals surface area contributed by atoms with Crippen LogP contribution >= 0.6 is 0 Å². The molecule has 5 nitrogen and oxygen atoms in total. The van der Waals surface area contributed by atoms with E-state index < -0.39 is 11.4 Å². The zero-order valence-corrected chi connectivity index (χ0v) is 11.4. The number of piperidine rings is 1. The summed E-state index contributed by atoms with van der Waals surface area (Å²) in [5.41, 5.74) is -0.657. The van der Waals surface area contributed by atoms with E-state index in [9.17, 15) is 9.90 Å². The Hall–Kier alpha value is -0.650. The van der Waals surface area contributed by atoms with Crippen molar-refractivity contribution in [2.75, 3.05) is 53.5 Å². The Balaban J connectivity index is 1.81. The fraction of sp³-hybridized carbons (Fsp3) is 0.923. The molecule has 104 valence electrons. The van der Waals surface area contributed by atoms with Crippen LogP contribution in [0.1, 0.15) is 12.8 Å². The maximum atomic E-state index is 11.3. The molecule has 1 atom stereocenters. The number of ether oxygens (including phenoxy) is 1. The van der Waals surface area contributed by atoms with Gasteiger partial charge in [0.1, 0.15) is 5.41 Å². The van der Waals surface area contributed by atoms with Crippen molar-refractivity contribution in [3.8, 4) is 0 Å². The second-order valence-electron chi connectivity index (χ2n) is 6.05. The van der Waals surface area contributed by atoms with Gasteiger partial charge in [-0.05, 0) is 39.4 Å². The largest absolute Gasteiger partial charge is 0.481 e. The fourth-order valence-electron chi connectivity index (χ4n) is 3.08. The minimum atomic E-state index is -0.721. The highest BCUT2D eigenvalue weighted by Crippen LogP contribution is 2.29. The summed E-state index contributed by atoms with van der Waals surface area (Å²) in [5, 5.41) is 9.27. The van der Waals surface area contributed by atoms with Crippen molar-refractivity contribution in [2.24, 2.45) is 11.3 Å². The molecular formula is C13H24N2O3. The zero-order valence-electron chi connectivity index (χ0n) is 11.4. The average Bonchev–Trinajstić information content (AvgIpc) is 2.23. The van der Waals surface area contributed by atoms with Crippen molar-refractivity contribution in [2.45, 2.75) is 12.8 Å². The van der Waals surface area contributed by atoms with Crippen LogP contribution in [0, 0.1) is 11.3 Å². The SMILES string of the molecule is CN1CCCC(CN(C)CC2(C(=O)O)COC2)C1. The molecule has 5 heteroatoms. The van der Waals surface area contributed by atoms with Crippen LogP contribution < -0.4 is 0 Å². The molecule has 0 spiro atoms. The molecule has 2 aliphatic rings. The number of hydrogen-bond acceptors (Lipinski definition) is 4. The molecule has 0 aromatic carbocycles. The van der Waals surface area contributed by atoms with E-state index in [0.717, 1.165) is 13.1 Å². The third-order valence-corrected chi connectivity index (χ3v) is 4.07. The van der Waals surface area contributed by atoms with Gasteiger partial charge in [-0.25, -0.2) is 0 Å². The average molecular weight is 256 g/mol. The van der Waals surface area contributed by atoms with E-state index in [4.69, 9.17) is 4.74 Å². The number of nitrogens with zero attached hydrogens (tertiary/aromatic N) is 2. The highest BCUT2D eigenvalue weighted by molar-refractivity contribution is 5.76. The van der Waals surface area contributed by atoms with Gasteiger partial charge in [0.2, 0.25) is 0 Å². The van der Waals surface area contributed by atoms with Crippen LogP contribution in [0.15, 0.2) is 0 Å². The number of carboxylic acids is 1. The van der Waals surface area contributed by atoms with Crippen molar-refractivity contribution in [3.05, 3.63) is 0 Å². The first kappa shape index (κ1) is 13.8. The Morgan fingerprint density at radius 1 is 1.56 bits per heavy atom. The lowest BCUT2D eigenvalue weighted by Gasteiger charge is -2.41. The first-order valence-electron chi connectivity index (χ1n) is 6.70. The zero-order chi connectivity index (χ0) is 13.2. The summed E-state index contributed by atoms with van der Waals surface area (Å²) >= 11 is 0. The molecule has 0 radical (unpaired) electrons. The quantitative estimate of drug-likeness (QED) is 0.770. The molecule has 0 aromatic rings. The summed E-state index contributed by atoms with van der Waals surface area (Å²) < 4.78 is 5.09. The van der Waals surface area contributed by atoms with Crippen LogP contribution in [0.5, 0.6) is 0 Å². The fourth-order valence-corrected chi connectivity index (χ4v) is 3.08. The van der Waals surface area contributed by atoms with Gasteiger partial charge in [0.05, 0.1) is 13.2 Å². The predicted molar refractivity (Wildman–Crippen MR) is 68.6 cm³/mol. The van der Waals surface area contributed by atoms with Gasteiger partial charge in [-0.15, -0.1) is 0 Å². The third-order valence-electron chi connectivity index (χ3n) is 4.07. The highest BCUT2D eigenvalue weighted by atomic mass is 16.5.